The highest BCUT2D eigenvalue weighted by Crippen LogP contribution is 2.21. The van der Waals surface area contributed by atoms with Gasteiger partial charge >= 0.3 is 0 Å². The summed E-state index contributed by atoms with van der Waals surface area (Å²) in [5.74, 6) is 0.546. The Morgan fingerprint density at radius 1 is 1.26 bits per heavy atom. The molecular weight excluding hydrogens is 382 g/mol. The van der Waals surface area contributed by atoms with Crippen LogP contribution in [0.3, 0.4) is 0 Å². The zero-order valence-electron chi connectivity index (χ0n) is 14.0. The minimum Gasteiger partial charge on any atom is -0.325 e. The van der Waals surface area contributed by atoms with E-state index in [4.69, 9.17) is 16.9 Å². The molecule has 134 valence electrons. The minimum absolute atomic E-state index is 0.150. The van der Waals surface area contributed by atoms with Crippen LogP contribution < -0.4 is 5.32 Å². The topological polar surface area (TPSA) is 94.5 Å². The number of halogens is 1. The molecule has 3 rings (SSSR count). The van der Waals surface area contributed by atoms with E-state index in [1.54, 1.807) is 18.2 Å². The monoisotopic (exact) mass is 395 g/mol. The van der Waals surface area contributed by atoms with Crippen molar-refractivity contribution in [3.8, 4) is 6.07 Å². The molecule has 27 heavy (non-hydrogen) atoms. The number of carbonyl (C=O) groups excluding carboxylic acids is 1. The van der Waals surface area contributed by atoms with Gasteiger partial charge in [0.25, 0.3) is 0 Å². The Balaban J connectivity index is 1.52. The van der Waals surface area contributed by atoms with E-state index in [1.165, 1.54) is 11.8 Å². The summed E-state index contributed by atoms with van der Waals surface area (Å²) in [5.41, 5.74) is 1.95. The van der Waals surface area contributed by atoms with E-state index < -0.39 is 0 Å². The number of nitrogens with zero attached hydrogens (tertiary/aromatic N) is 3. The van der Waals surface area contributed by atoms with Crippen LogP contribution in [-0.4, -0.2) is 26.8 Å². The van der Waals surface area contributed by atoms with Crippen LogP contribution >= 0.6 is 23.4 Å². The van der Waals surface area contributed by atoms with Gasteiger partial charge < -0.3 is 5.32 Å². The summed E-state index contributed by atoms with van der Waals surface area (Å²) >= 11 is 7.17. The van der Waals surface area contributed by atoms with Gasteiger partial charge in [0, 0.05) is 5.69 Å². The van der Waals surface area contributed by atoms with Gasteiger partial charge in [-0.05, 0) is 29.8 Å². The van der Waals surface area contributed by atoms with Gasteiger partial charge in [0.15, 0.2) is 0 Å². The first-order valence-electron chi connectivity index (χ1n) is 7.92. The van der Waals surface area contributed by atoms with Crippen molar-refractivity contribution >= 4 is 47.1 Å². The third kappa shape index (κ3) is 5.45. The van der Waals surface area contributed by atoms with E-state index in [-0.39, 0.29) is 11.7 Å². The second kappa shape index (κ2) is 9.03. The van der Waals surface area contributed by atoms with Crippen LogP contribution in [0.1, 0.15) is 17.0 Å². The van der Waals surface area contributed by atoms with E-state index in [0.717, 1.165) is 5.56 Å². The first-order chi connectivity index (χ1) is 13.1. The van der Waals surface area contributed by atoms with E-state index >= 15 is 0 Å². The molecule has 1 aromatic heterocycles. The Kier molecular flexibility index (Phi) is 6.26. The molecule has 0 aliphatic rings. The van der Waals surface area contributed by atoms with Crippen LogP contribution in [0.2, 0.25) is 5.02 Å². The third-order valence-electron chi connectivity index (χ3n) is 3.42. The lowest BCUT2D eigenvalue weighted by Gasteiger charge is -2.05. The summed E-state index contributed by atoms with van der Waals surface area (Å²) < 4.78 is 0. The zero-order chi connectivity index (χ0) is 19.1. The number of anilines is 1. The minimum atomic E-state index is -0.216. The molecule has 0 saturated heterocycles. The normalized spacial score (nSPS) is 10.7. The number of thioether (sulfide) groups is 1. The summed E-state index contributed by atoms with van der Waals surface area (Å²) in [4.78, 5) is 16.4. The molecule has 0 spiro atoms. The number of nitrogens with one attached hydrogen (secondary N) is 2. The average molecular weight is 396 g/mol. The van der Waals surface area contributed by atoms with Gasteiger partial charge in [-0.1, -0.05) is 59.8 Å². The molecule has 0 unspecified atom stereocenters. The van der Waals surface area contributed by atoms with E-state index in [2.05, 4.69) is 20.5 Å². The summed E-state index contributed by atoms with van der Waals surface area (Å²) in [5, 5.41) is 19.3. The Morgan fingerprint density at radius 2 is 2.07 bits per heavy atom. The number of rotatable bonds is 6. The molecular formula is C19H14ClN5OS. The lowest BCUT2D eigenvalue weighted by atomic mass is 10.2. The molecule has 2 N–H and O–H groups in total. The molecule has 0 saturated carbocycles. The molecule has 0 fully saturated rings. The fourth-order valence-corrected chi connectivity index (χ4v) is 2.98. The predicted octanol–water partition coefficient (Wildman–Crippen LogP) is 4.23. The standard InChI is InChI=1S/C19H14ClN5OS/c20-16-10-15(8-7-14(16)11-21)22-18(26)12-27-19-23-17(24-25-19)9-6-13-4-2-1-3-5-13/h1-10H,12H2,(H,22,26)(H,23,24,25)/b9-6+. The van der Waals surface area contributed by atoms with Crippen molar-refractivity contribution in [1.82, 2.24) is 15.2 Å². The first-order valence-corrected chi connectivity index (χ1v) is 9.28. The lowest BCUT2D eigenvalue weighted by Crippen LogP contribution is -2.14. The number of benzene rings is 2. The molecule has 0 bridgehead atoms. The fraction of sp³-hybridized carbons (Fsp3) is 0.0526. The number of carbonyl (C=O) groups is 1. The van der Waals surface area contributed by atoms with Crippen molar-refractivity contribution < 1.29 is 4.79 Å². The molecule has 2 aromatic carbocycles. The van der Waals surface area contributed by atoms with Crippen LogP contribution in [0.4, 0.5) is 5.69 Å². The van der Waals surface area contributed by atoms with Crippen molar-refractivity contribution in [2.75, 3.05) is 11.1 Å². The maximum absolute atomic E-state index is 12.0. The summed E-state index contributed by atoms with van der Waals surface area (Å²) in [6.45, 7) is 0. The largest absolute Gasteiger partial charge is 0.325 e. The van der Waals surface area contributed by atoms with E-state index in [1.807, 2.05) is 48.6 Å². The highest BCUT2D eigenvalue weighted by Gasteiger charge is 2.08. The van der Waals surface area contributed by atoms with E-state index in [0.29, 0.717) is 27.3 Å². The van der Waals surface area contributed by atoms with Crippen molar-refractivity contribution in [3.05, 3.63) is 70.5 Å². The number of hydrogen-bond acceptors (Lipinski definition) is 5. The maximum atomic E-state index is 12.0. The lowest BCUT2D eigenvalue weighted by molar-refractivity contribution is -0.113. The quantitative estimate of drug-likeness (QED) is 0.609. The van der Waals surface area contributed by atoms with Crippen molar-refractivity contribution in [1.29, 1.82) is 5.26 Å². The Labute approximate surface area is 165 Å². The van der Waals surface area contributed by atoms with Gasteiger partial charge in [-0.2, -0.15) is 5.26 Å². The Morgan fingerprint density at radius 3 is 2.81 bits per heavy atom. The number of H-pyrrole nitrogens is 1. The second-order valence-electron chi connectivity index (χ2n) is 5.39. The Hall–Kier alpha value is -3.08. The predicted molar refractivity (Wildman–Crippen MR) is 107 cm³/mol. The van der Waals surface area contributed by atoms with Crippen molar-refractivity contribution in [3.63, 3.8) is 0 Å². The van der Waals surface area contributed by atoms with Crippen LogP contribution in [0.15, 0.2) is 53.7 Å². The van der Waals surface area contributed by atoms with Crippen LogP contribution in [0, 0.1) is 11.3 Å². The van der Waals surface area contributed by atoms with Gasteiger partial charge in [0.1, 0.15) is 11.9 Å². The molecule has 3 aromatic rings. The van der Waals surface area contributed by atoms with Gasteiger partial charge in [-0.3, -0.25) is 9.89 Å². The molecule has 1 heterocycles. The van der Waals surface area contributed by atoms with Crippen LogP contribution in [-0.2, 0) is 4.79 Å². The summed E-state index contributed by atoms with van der Waals surface area (Å²) in [7, 11) is 0. The van der Waals surface area contributed by atoms with Gasteiger partial charge in [0.2, 0.25) is 11.1 Å². The molecule has 0 aliphatic heterocycles. The first kappa shape index (κ1) is 18.7. The second-order valence-corrected chi connectivity index (χ2v) is 6.74. The van der Waals surface area contributed by atoms with Crippen LogP contribution in [0.5, 0.6) is 0 Å². The summed E-state index contributed by atoms with van der Waals surface area (Å²) in [6.07, 6.45) is 3.75. The molecule has 8 heteroatoms. The molecule has 1 amide bonds. The summed E-state index contributed by atoms with van der Waals surface area (Å²) in [6, 6.07) is 16.6. The number of nitriles is 1. The Bertz CT molecular complexity index is 1010. The van der Waals surface area contributed by atoms with Crippen LogP contribution in [0.25, 0.3) is 12.2 Å². The number of aromatic nitrogens is 3. The van der Waals surface area contributed by atoms with Gasteiger partial charge in [-0.15, -0.1) is 5.10 Å². The zero-order valence-corrected chi connectivity index (χ0v) is 15.6. The van der Waals surface area contributed by atoms with Crippen molar-refractivity contribution in [2.45, 2.75) is 5.16 Å². The molecule has 6 nitrogen and oxygen atoms in total. The van der Waals surface area contributed by atoms with Gasteiger partial charge in [0.05, 0.1) is 16.3 Å². The number of aromatic amines is 1. The van der Waals surface area contributed by atoms with E-state index in [9.17, 15) is 4.79 Å². The number of amides is 1. The highest BCUT2D eigenvalue weighted by molar-refractivity contribution is 7.99. The number of hydrogen-bond donors (Lipinski definition) is 2. The maximum Gasteiger partial charge on any atom is 0.234 e. The average Bonchev–Trinajstić information content (AvgIpc) is 3.14. The van der Waals surface area contributed by atoms with Gasteiger partial charge in [-0.25, -0.2) is 4.98 Å². The molecule has 0 radical (unpaired) electrons. The molecule has 0 atom stereocenters. The SMILES string of the molecule is N#Cc1ccc(NC(=O)CSc2n[nH]c(/C=C/c3ccccc3)n2)cc1Cl. The highest BCUT2D eigenvalue weighted by atomic mass is 35.5. The third-order valence-corrected chi connectivity index (χ3v) is 4.58. The molecule has 0 aliphatic carbocycles. The fourth-order valence-electron chi connectivity index (χ4n) is 2.15. The smallest absolute Gasteiger partial charge is 0.234 e. The van der Waals surface area contributed by atoms with Crippen molar-refractivity contribution in [2.24, 2.45) is 0 Å².